The number of halogens is 1. The summed E-state index contributed by atoms with van der Waals surface area (Å²) in [6.45, 7) is 8.34. The molecule has 104 valence electrons. The highest BCUT2D eigenvalue weighted by Crippen LogP contribution is 2.24. The van der Waals surface area contributed by atoms with Gasteiger partial charge in [0.15, 0.2) is 0 Å². The summed E-state index contributed by atoms with van der Waals surface area (Å²) in [6.07, 6.45) is 5.75. The highest BCUT2D eigenvalue weighted by molar-refractivity contribution is 9.10. The van der Waals surface area contributed by atoms with Gasteiger partial charge < -0.3 is 10.4 Å². The van der Waals surface area contributed by atoms with Gasteiger partial charge in [0.05, 0.1) is 17.2 Å². The van der Waals surface area contributed by atoms with Crippen molar-refractivity contribution in [3.63, 3.8) is 0 Å². The Morgan fingerprint density at radius 2 is 2.17 bits per heavy atom. The Hall–Kier alpha value is -0.390. The van der Waals surface area contributed by atoms with Gasteiger partial charge in [-0.3, -0.25) is 4.68 Å². The topological polar surface area (TPSA) is 50.1 Å². The quantitative estimate of drug-likeness (QED) is 0.774. The lowest BCUT2D eigenvalue weighted by Crippen LogP contribution is -2.41. The third kappa shape index (κ3) is 4.37. The molecule has 18 heavy (non-hydrogen) atoms. The van der Waals surface area contributed by atoms with Crippen molar-refractivity contribution < 1.29 is 5.11 Å². The first-order chi connectivity index (χ1) is 8.55. The Balaban J connectivity index is 2.42. The first-order valence-electron chi connectivity index (χ1n) is 6.57. The summed E-state index contributed by atoms with van der Waals surface area (Å²) < 4.78 is 2.92. The largest absolute Gasteiger partial charge is 0.396 e. The van der Waals surface area contributed by atoms with Gasteiger partial charge in [-0.05, 0) is 35.7 Å². The van der Waals surface area contributed by atoms with Crippen molar-refractivity contribution in [1.29, 1.82) is 0 Å². The number of rotatable bonds is 8. The van der Waals surface area contributed by atoms with Crippen LogP contribution in [0.15, 0.2) is 16.9 Å². The smallest absolute Gasteiger partial charge is 0.0632 e. The molecular formula is C13H24BrN3O. The average molecular weight is 318 g/mol. The van der Waals surface area contributed by atoms with Crippen LogP contribution in [0.25, 0.3) is 0 Å². The molecule has 0 aliphatic heterocycles. The molecule has 0 fully saturated rings. The molecule has 0 saturated heterocycles. The Bertz CT molecular complexity index is 341. The lowest BCUT2D eigenvalue weighted by atomic mass is 9.83. The van der Waals surface area contributed by atoms with E-state index in [0.29, 0.717) is 6.04 Å². The fraction of sp³-hybridized carbons (Fsp3) is 0.769. The van der Waals surface area contributed by atoms with E-state index in [1.54, 1.807) is 6.20 Å². The first kappa shape index (κ1) is 15.7. The monoisotopic (exact) mass is 317 g/mol. The van der Waals surface area contributed by atoms with Crippen molar-refractivity contribution in [3.8, 4) is 0 Å². The Morgan fingerprint density at radius 1 is 1.50 bits per heavy atom. The van der Waals surface area contributed by atoms with E-state index < -0.39 is 0 Å². The Labute approximate surface area is 118 Å². The minimum Gasteiger partial charge on any atom is -0.396 e. The fourth-order valence-electron chi connectivity index (χ4n) is 1.95. The number of aliphatic hydroxyl groups is 1. The molecule has 0 radical (unpaired) electrons. The number of nitrogens with zero attached hydrogens (tertiary/aromatic N) is 2. The van der Waals surface area contributed by atoms with Crippen LogP contribution in [0, 0.1) is 5.41 Å². The highest BCUT2D eigenvalue weighted by atomic mass is 79.9. The van der Waals surface area contributed by atoms with Gasteiger partial charge in [0, 0.05) is 30.8 Å². The molecule has 0 aliphatic carbocycles. The zero-order valence-corrected chi connectivity index (χ0v) is 13.1. The van der Waals surface area contributed by atoms with Crippen molar-refractivity contribution in [2.24, 2.45) is 5.41 Å². The number of aliphatic hydroxyl groups excluding tert-OH is 1. The normalized spacial score (nSPS) is 13.8. The molecule has 1 aromatic rings. The zero-order valence-electron chi connectivity index (χ0n) is 11.5. The molecule has 0 bridgehead atoms. The minimum atomic E-state index is 0.0129. The van der Waals surface area contributed by atoms with Gasteiger partial charge >= 0.3 is 0 Å². The van der Waals surface area contributed by atoms with Crippen LogP contribution in [0.2, 0.25) is 0 Å². The van der Waals surface area contributed by atoms with Crippen LogP contribution in [0.1, 0.15) is 33.6 Å². The summed E-state index contributed by atoms with van der Waals surface area (Å²) in [5.74, 6) is 0. The molecule has 0 saturated carbocycles. The Morgan fingerprint density at radius 3 is 2.61 bits per heavy atom. The summed E-state index contributed by atoms with van der Waals surface area (Å²) in [7, 11) is 0. The maximum absolute atomic E-state index is 9.52. The molecule has 1 heterocycles. The number of hydrogen-bond acceptors (Lipinski definition) is 3. The van der Waals surface area contributed by atoms with Crippen molar-refractivity contribution in [2.75, 3.05) is 13.2 Å². The van der Waals surface area contributed by atoms with Crippen molar-refractivity contribution in [3.05, 3.63) is 16.9 Å². The molecule has 0 amide bonds. The van der Waals surface area contributed by atoms with Gasteiger partial charge in [0.25, 0.3) is 0 Å². The van der Waals surface area contributed by atoms with Gasteiger partial charge in [-0.15, -0.1) is 0 Å². The molecule has 5 heteroatoms. The average Bonchev–Trinajstić information content (AvgIpc) is 2.77. The molecule has 4 nitrogen and oxygen atoms in total. The van der Waals surface area contributed by atoms with E-state index in [0.717, 1.165) is 30.4 Å². The standard InChI is InChI=1S/C13H24BrN3O/c1-4-13(5-2,10-18)9-15-11(3)7-17-8-12(14)6-16-17/h6,8,11,15,18H,4-5,7,9-10H2,1-3H3. The molecule has 1 unspecified atom stereocenters. The van der Waals surface area contributed by atoms with Gasteiger partial charge in [0.1, 0.15) is 0 Å². The summed E-state index contributed by atoms with van der Waals surface area (Å²) in [6, 6.07) is 0.334. The van der Waals surface area contributed by atoms with Crippen LogP contribution >= 0.6 is 15.9 Å². The predicted molar refractivity (Wildman–Crippen MR) is 77.5 cm³/mol. The summed E-state index contributed by atoms with van der Waals surface area (Å²) in [5, 5.41) is 17.3. The van der Waals surface area contributed by atoms with E-state index >= 15 is 0 Å². The third-order valence-corrected chi connectivity index (χ3v) is 4.13. The first-order valence-corrected chi connectivity index (χ1v) is 7.36. The maximum atomic E-state index is 9.52. The van der Waals surface area contributed by atoms with E-state index in [9.17, 15) is 5.11 Å². The van der Waals surface area contributed by atoms with E-state index in [-0.39, 0.29) is 12.0 Å². The third-order valence-electron chi connectivity index (χ3n) is 3.72. The Kier molecular flexibility index (Phi) is 6.32. The number of hydrogen-bond donors (Lipinski definition) is 2. The zero-order chi connectivity index (χ0) is 13.6. The second-order valence-corrected chi connectivity index (χ2v) is 5.94. The fourth-order valence-corrected chi connectivity index (χ4v) is 2.28. The van der Waals surface area contributed by atoms with E-state index in [1.165, 1.54) is 0 Å². The van der Waals surface area contributed by atoms with Crippen LogP contribution in [0.5, 0.6) is 0 Å². The second kappa shape index (κ2) is 7.26. The van der Waals surface area contributed by atoms with Gasteiger partial charge in [-0.2, -0.15) is 5.10 Å². The summed E-state index contributed by atoms with van der Waals surface area (Å²) in [4.78, 5) is 0. The summed E-state index contributed by atoms with van der Waals surface area (Å²) >= 11 is 3.39. The maximum Gasteiger partial charge on any atom is 0.0632 e. The lowest BCUT2D eigenvalue weighted by Gasteiger charge is -2.31. The summed E-state index contributed by atoms with van der Waals surface area (Å²) in [5.41, 5.74) is 0.0129. The van der Waals surface area contributed by atoms with Crippen molar-refractivity contribution in [1.82, 2.24) is 15.1 Å². The van der Waals surface area contributed by atoms with Crippen molar-refractivity contribution in [2.45, 2.75) is 46.2 Å². The molecule has 2 N–H and O–H groups in total. The van der Waals surface area contributed by atoms with Crippen LogP contribution in [0.4, 0.5) is 0 Å². The molecule has 0 aromatic carbocycles. The molecule has 0 spiro atoms. The molecule has 1 atom stereocenters. The minimum absolute atomic E-state index is 0.0129. The van der Waals surface area contributed by atoms with E-state index in [4.69, 9.17) is 0 Å². The van der Waals surface area contributed by atoms with Crippen molar-refractivity contribution >= 4 is 15.9 Å². The number of aromatic nitrogens is 2. The van der Waals surface area contributed by atoms with Gasteiger partial charge in [0.2, 0.25) is 0 Å². The lowest BCUT2D eigenvalue weighted by molar-refractivity contribution is 0.109. The molecule has 1 rings (SSSR count). The SMILES string of the molecule is CCC(CC)(CO)CNC(C)Cn1cc(Br)cn1. The van der Waals surface area contributed by atoms with Crippen LogP contribution in [0.3, 0.4) is 0 Å². The van der Waals surface area contributed by atoms with E-state index in [2.05, 4.69) is 47.1 Å². The van der Waals surface area contributed by atoms with Crippen LogP contribution < -0.4 is 5.32 Å². The second-order valence-electron chi connectivity index (χ2n) is 5.03. The van der Waals surface area contributed by atoms with E-state index in [1.807, 2.05) is 10.9 Å². The van der Waals surface area contributed by atoms with Crippen LogP contribution in [-0.2, 0) is 6.54 Å². The molecular weight excluding hydrogens is 294 g/mol. The number of nitrogens with one attached hydrogen (secondary N) is 1. The molecule has 1 aromatic heterocycles. The van der Waals surface area contributed by atoms with Crippen LogP contribution in [-0.4, -0.2) is 34.1 Å². The van der Waals surface area contributed by atoms with Gasteiger partial charge in [-0.1, -0.05) is 13.8 Å². The molecule has 0 aliphatic rings. The predicted octanol–water partition coefficient (Wildman–Crippen LogP) is 2.42. The van der Waals surface area contributed by atoms with Gasteiger partial charge in [-0.25, -0.2) is 0 Å². The highest BCUT2D eigenvalue weighted by Gasteiger charge is 2.25.